The number of aromatic hydroxyl groups is 1. The smallest absolute Gasteiger partial charge is 0.165 e. The van der Waals surface area contributed by atoms with Gasteiger partial charge in [-0.2, -0.15) is 0 Å². The Morgan fingerprint density at radius 3 is 2.79 bits per heavy atom. The Kier molecular flexibility index (Phi) is 5.16. The fraction of sp³-hybridized carbons (Fsp3) is 0.600. The van der Waals surface area contributed by atoms with E-state index in [0.717, 1.165) is 25.9 Å². The number of phenolic OH excluding ortho intramolecular Hbond substituents is 1. The van der Waals surface area contributed by atoms with E-state index < -0.39 is 5.82 Å². The van der Waals surface area contributed by atoms with E-state index >= 15 is 0 Å². The highest BCUT2D eigenvalue weighted by Crippen LogP contribution is 2.21. The summed E-state index contributed by atoms with van der Waals surface area (Å²) in [5.74, 6) is -0.768. The lowest BCUT2D eigenvalue weighted by Crippen LogP contribution is -2.42. The third kappa shape index (κ3) is 3.91. The lowest BCUT2D eigenvalue weighted by Gasteiger charge is -2.32. The first-order valence-electron chi connectivity index (χ1n) is 7.12. The van der Waals surface area contributed by atoms with Crippen LogP contribution in [0, 0.1) is 5.82 Å². The Labute approximate surface area is 114 Å². The van der Waals surface area contributed by atoms with E-state index in [4.69, 9.17) is 0 Å². The molecule has 0 spiro atoms. The van der Waals surface area contributed by atoms with Crippen LogP contribution in [0.1, 0.15) is 31.7 Å². The van der Waals surface area contributed by atoms with Crippen LogP contribution in [0.15, 0.2) is 18.2 Å². The number of rotatable bonds is 5. The molecule has 0 bridgehead atoms. The number of likely N-dealkylation sites (tertiary alicyclic amines) is 1. The van der Waals surface area contributed by atoms with E-state index in [0.29, 0.717) is 18.2 Å². The van der Waals surface area contributed by atoms with Crippen LogP contribution < -0.4 is 5.32 Å². The van der Waals surface area contributed by atoms with E-state index in [1.165, 1.54) is 19.0 Å². The van der Waals surface area contributed by atoms with Gasteiger partial charge < -0.3 is 15.3 Å². The highest BCUT2D eigenvalue weighted by atomic mass is 19.1. The quantitative estimate of drug-likeness (QED) is 0.859. The normalized spacial score (nSPS) is 17.8. The fourth-order valence-corrected chi connectivity index (χ4v) is 2.63. The average molecular weight is 266 g/mol. The minimum atomic E-state index is -0.544. The van der Waals surface area contributed by atoms with Crippen molar-refractivity contribution in [1.82, 2.24) is 10.2 Å². The highest BCUT2D eigenvalue weighted by molar-refractivity contribution is 5.33. The number of nitrogens with one attached hydrogen (secondary N) is 1. The van der Waals surface area contributed by atoms with Gasteiger partial charge in [-0.25, -0.2) is 4.39 Å². The molecule has 0 aliphatic carbocycles. The second kappa shape index (κ2) is 6.87. The summed E-state index contributed by atoms with van der Waals surface area (Å²) in [6.07, 6.45) is 3.45. The maximum absolute atomic E-state index is 13.2. The number of para-hydroxylation sites is 1. The molecule has 0 aromatic heterocycles. The van der Waals surface area contributed by atoms with Crippen LogP contribution in [-0.2, 0) is 6.54 Å². The molecule has 0 amide bonds. The summed E-state index contributed by atoms with van der Waals surface area (Å²) in [5.41, 5.74) is 0.635. The molecule has 2 N–H and O–H groups in total. The molecule has 0 atom stereocenters. The number of piperidine rings is 1. The van der Waals surface area contributed by atoms with E-state index in [1.807, 2.05) is 0 Å². The Bertz CT molecular complexity index is 403. The topological polar surface area (TPSA) is 35.5 Å². The zero-order valence-electron chi connectivity index (χ0n) is 11.5. The molecular formula is C15H23FN2O. The highest BCUT2D eigenvalue weighted by Gasteiger charge is 2.18. The van der Waals surface area contributed by atoms with E-state index in [9.17, 15) is 9.50 Å². The molecule has 0 saturated carbocycles. The van der Waals surface area contributed by atoms with Crippen molar-refractivity contribution in [2.45, 2.75) is 38.8 Å². The van der Waals surface area contributed by atoms with Crippen molar-refractivity contribution >= 4 is 0 Å². The number of phenols is 1. The van der Waals surface area contributed by atoms with Crippen LogP contribution in [-0.4, -0.2) is 35.7 Å². The zero-order valence-corrected chi connectivity index (χ0v) is 11.5. The molecule has 1 heterocycles. The summed E-state index contributed by atoms with van der Waals surface area (Å²) in [5, 5.41) is 13.0. The Morgan fingerprint density at radius 1 is 1.37 bits per heavy atom. The Balaban J connectivity index is 1.79. The molecule has 0 radical (unpaired) electrons. The molecule has 1 saturated heterocycles. The number of benzene rings is 1. The van der Waals surface area contributed by atoms with Gasteiger partial charge in [0.15, 0.2) is 11.6 Å². The standard InChI is InChI=1S/C15H23FN2O/c1-2-8-18-9-6-13(7-10-18)17-11-12-4-3-5-14(16)15(12)19/h3-5,13,17,19H,2,6-11H2,1H3. The van der Waals surface area contributed by atoms with E-state index in [-0.39, 0.29) is 5.75 Å². The molecule has 2 rings (SSSR count). The number of hydrogen-bond acceptors (Lipinski definition) is 3. The first kappa shape index (κ1) is 14.3. The third-order valence-corrected chi connectivity index (χ3v) is 3.78. The molecule has 1 aliphatic rings. The minimum Gasteiger partial charge on any atom is -0.505 e. The van der Waals surface area contributed by atoms with Gasteiger partial charge in [0.2, 0.25) is 0 Å². The van der Waals surface area contributed by atoms with Gasteiger partial charge in [-0.1, -0.05) is 19.1 Å². The summed E-state index contributed by atoms with van der Waals surface area (Å²) in [4.78, 5) is 2.48. The lowest BCUT2D eigenvalue weighted by molar-refractivity contribution is 0.197. The molecule has 19 heavy (non-hydrogen) atoms. The van der Waals surface area contributed by atoms with Crippen molar-refractivity contribution in [3.05, 3.63) is 29.6 Å². The monoisotopic (exact) mass is 266 g/mol. The maximum atomic E-state index is 13.2. The molecule has 3 nitrogen and oxygen atoms in total. The van der Waals surface area contributed by atoms with Crippen molar-refractivity contribution in [1.29, 1.82) is 0 Å². The molecule has 106 valence electrons. The molecule has 4 heteroatoms. The van der Waals surface area contributed by atoms with Gasteiger partial charge in [-0.15, -0.1) is 0 Å². The van der Waals surface area contributed by atoms with Crippen molar-refractivity contribution in [3.63, 3.8) is 0 Å². The van der Waals surface area contributed by atoms with Gasteiger partial charge in [0.1, 0.15) is 0 Å². The van der Waals surface area contributed by atoms with Gasteiger partial charge in [-0.3, -0.25) is 0 Å². The molecule has 1 fully saturated rings. The maximum Gasteiger partial charge on any atom is 0.165 e. The van der Waals surface area contributed by atoms with Crippen LogP contribution in [0.2, 0.25) is 0 Å². The van der Waals surface area contributed by atoms with Gasteiger partial charge in [-0.05, 0) is 45.0 Å². The summed E-state index contributed by atoms with van der Waals surface area (Å²) < 4.78 is 13.2. The van der Waals surface area contributed by atoms with Crippen LogP contribution in [0.25, 0.3) is 0 Å². The lowest BCUT2D eigenvalue weighted by atomic mass is 10.0. The molecule has 1 aliphatic heterocycles. The predicted molar refractivity (Wildman–Crippen MR) is 74.7 cm³/mol. The number of nitrogens with zero attached hydrogens (tertiary/aromatic N) is 1. The summed E-state index contributed by atoms with van der Waals surface area (Å²) in [7, 11) is 0. The second-order valence-corrected chi connectivity index (χ2v) is 5.24. The Hall–Kier alpha value is -1.13. The van der Waals surface area contributed by atoms with Crippen LogP contribution in [0.5, 0.6) is 5.75 Å². The van der Waals surface area contributed by atoms with Gasteiger partial charge >= 0.3 is 0 Å². The second-order valence-electron chi connectivity index (χ2n) is 5.24. The number of halogens is 1. The van der Waals surface area contributed by atoms with Crippen LogP contribution >= 0.6 is 0 Å². The Morgan fingerprint density at radius 2 is 2.11 bits per heavy atom. The van der Waals surface area contributed by atoms with Crippen LogP contribution in [0.4, 0.5) is 4.39 Å². The summed E-state index contributed by atoms with van der Waals surface area (Å²) >= 11 is 0. The van der Waals surface area contributed by atoms with Crippen molar-refractivity contribution in [2.24, 2.45) is 0 Å². The first-order chi connectivity index (χ1) is 9.20. The van der Waals surface area contributed by atoms with Gasteiger partial charge in [0, 0.05) is 18.2 Å². The van der Waals surface area contributed by atoms with E-state index in [2.05, 4.69) is 17.1 Å². The SMILES string of the molecule is CCCN1CCC(NCc2cccc(F)c2O)CC1. The summed E-state index contributed by atoms with van der Waals surface area (Å²) in [6, 6.07) is 5.14. The van der Waals surface area contributed by atoms with Crippen molar-refractivity contribution in [3.8, 4) is 5.75 Å². The van der Waals surface area contributed by atoms with Crippen molar-refractivity contribution in [2.75, 3.05) is 19.6 Å². The zero-order chi connectivity index (χ0) is 13.7. The van der Waals surface area contributed by atoms with E-state index in [1.54, 1.807) is 12.1 Å². The fourth-order valence-electron chi connectivity index (χ4n) is 2.63. The van der Waals surface area contributed by atoms with Crippen molar-refractivity contribution < 1.29 is 9.50 Å². The molecule has 1 aromatic carbocycles. The van der Waals surface area contributed by atoms with Gasteiger partial charge in [0.05, 0.1) is 0 Å². The van der Waals surface area contributed by atoms with Gasteiger partial charge in [0.25, 0.3) is 0 Å². The summed E-state index contributed by atoms with van der Waals surface area (Å²) in [6.45, 7) is 6.16. The average Bonchev–Trinajstić information content (AvgIpc) is 2.42. The largest absolute Gasteiger partial charge is 0.505 e. The molecule has 0 unspecified atom stereocenters. The van der Waals surface area contributed by atoms with Crippen LogP contribution in [0.3, 0.4) is 0 Å². The molecule has 1 aromatic rings. The predicted octanol–water partition coefficient (Wildman–Crippen LogP) is 2.50. The minimum absolute atomic E-state index is 0.224. The third-order valence-electron chi connectivity index (χ3n) is 3.78. The number of hydrogen-bond donors (Lipinski definition) is 2. The first-order valence-corrected chi connectivity index (χ1v) is 7.12. The molecular weight excluding hydrogens is 243 g/mol.